The van der Waals surface area contributed by atoms with Gasteiger partial charge in [-0.25, -0.2) is 17.8 Å². The van der Waals surface area contributed by atoms with Crippen molar-refractivity contribution in [2.75, 3.05) is 10.5 Å². The second kappa shape index (κ2) is 4.46. The van der Waals surface area contributed by atoms with E-state index in [4.69, 9.17) is 17.3 Å². The van der Waals surface area contributed by atoms with Gasteiger partial charge in [-0.05, 0) is 18.2 Å². The maximum atomic E-state index is 12.0. The van der Waals surface area contributed by atoms with Gasteiger partial charge < -0.3 is 5.73 Å². The largest absolute Gasteiger partial charge is 0.397 e. The molecule has 96 valence electrons. The van der Waals surface area contributed by atoms with E-state index in [1.165, 1.54) is 29.2 Å². The summed E-state index contributed by atoms with van der Waals surface area (Å²) in [5.41, 5.74) is 5.76. The van der Waals surface area contributed by atoms with Crippen LogP contribution in [-0.4, -0.2) is 23.2 Å². The Balaban J connectivity index is 2.37. The van der Waals surface area contributed by atoms with E-state index in [2.05, 4.69) is 14.8 Å². The number of anilines is 2. The molecule has 2 aromatic rings. The second-order valence-corrected chi connectivity index (χ2v) is 5.59. The third kappa shape index (κ3) is 2.39. The SMILES string of the molecule is Cn1ncnc1NS(=O)(=O)c1ccc(Cl)c(N)c1. The molecular formula is C9H10ClN5O2S. The molecule has 1 aromatic heterocycles. The lowest BCUT2D eigenvalue weighted by Gasteiger charge is -2.07. The zero-order chi connectivity index (χ0) is 13.3. The molecule has 0 fully saturated rings. The third-order valence-electron chi connectivity index (χ3n) is 2.21. The normalized spacial score (nSPS) is 11.4. The molecule has 0 radical (unpaired) electrons. The highest BCUT2D eigenvalue weighted by atomic mass is 35.5. The molecule has 1 aromatic carbocycles. The van der Waals surface area contributed by atoms with Gasteiger partial charge in [0.2, 0.25) is 5.95 Å². The van der Waals surface area contributed by atoms with Crippen molar-refractivity contribution in [2.24, 2.45) is 7.05 Å². The summed E-state index contributed by atoms with van der Waals surface area (Å²) >= 11 is 5.73. The molecule has 0 unspecified atom stereocenters. The Bertz CT molecular complexity index is 682. The van der Waals surface area contributed by atoms with Crippen LogP contribution in [-0.2, 0) is 17.1 Å². The Kier molecular flexibility index (Phi) is 3.14. The Morgan fingerprint density at radius 1 is 1.44 bits per heavy atom. The second-order valence-electron chi connectivity index (χ2n) is 3.50. The molecule has 0 spiro atoms. The molecule has 7 nitrogen and oxygen atoms in total. The number of nitrogens with one attached hydrogen (secondary N) is 1. The number of hydrogen-bond donors (Lipinski definition) is 2. The molecule has 9 heteroatoms. The number of sulfonamides is 1. The monoisotopic (exact) mass is 287 g/mol. The average molecular weight is 288 g/mol. The fourth-order valence-electron chi connectivity index (χ4n) is 1.26. The van der Waals surface area contributed by atoms with Crippen LogP contribution in [0.4, 0.5) is 11.6 Å². The van der Waals surface area contributed by atoms with Crippen molar-refractivity contribution in [1.29, 1.82) is 0 Å². The molecule has 0 amide bonds. The fraction of sp³-hybridized carbons (Fsp3) is 0.111. The van der Waals surface area contributed by atoms with Crippen molar-refractivity contribution in [3.8, 4) is 0 Å². The van der Waals surface area contributed by atoms with E-state index in [9.17, 15) is 8.42 Å². The van der Waals surface area contributed by atoms with E-state index in [-0.39, 0.29) is 16.5 Å². The van der Waals surface area contributed by atoms with Crippen LogP contribution in [0.2, 0.25) is 5.02 Å². The van der Waals surface area contributed by atoms with Gasteiger partial charge in [-0.1, -0.05) is 11.6 Å². The molecule has 18 heavy (non-hydrogen) atoms. The maximum absolute atomic E-state index is 12.0. The number of hydrogen-bond acceptors (Lipinski definition) is 5. The predicted octanol–water partition coefficient (Wildman–Crippen LogP) is 0.852. The van der Waals surface area contributed by atoms with E-state index < -0.39 is 10.0 Å². The molecule has 0 aliphatic carbocycles. The lowest BCUT2D eigenvalue weighted by atomic mass is 10.3. The van der Waals surface area contributed by atoms with Crippen LogP contribution in [0.25, 0.3) is 0 Å². The number of benzene rings is 1. The summed E-state index contributed by atoms with van der Waals surface area (Å²) < 4.78 is 27.6. The number of aromatic nitrogens is 3. The third-order valence-corrected chi connectivity index (χ3v) is 3.88. The van der Waals surface area contributed by atoms with Gasteiger partial charge in [0.15, 0.2) is 0 Å². The summed E-state index contributed by atoms with van der Waals surface area (Å²) in [6.45, 7) is 0. The number of aryl methyl sites for hydroxylation is 1. The Hall–Kier alpha value is -1.80. The van der Waals surface area contributed by atoms with Gasteiger partial charge in [-0.2, -0.15) is 10.1 Å². The molecular weight excluding hydrogens is 278 g/mol. The van der Waals surface area contributed by atoms with Gasteiger partial charge in [-0.15, -0.1) is 0 Å². The molecule has 2 rings (SSSR count). The minimum atomic E-state index is -3.76. The van der Waals surface area contributed by atoms with E-state index in [0.29, 0.717) is 5.02 Å². The number of nitrogens with zero attached hydrogens (tertiary/aromatic N) is 3. The minimum Gasteiger partial charge on any atom is -0.397 e. The van der Waals surface area contributed by atoms with Crippen molar-refractivity contribution < 1.29 is 8.42 Å². The van der Waals surface area contributed by atoms with E-state index in [1.807, 2.05) is 0 Å². The molecule has 1 heterocycles. The standard InChI is InChI=1S/C9H10ClN5O2S/c1-15-9(12-5-13-15)14-18(16,17)6-2-3-7(10)8(11)4-6/h2-5H,11H2,1H3,(H,12,13,14). The number of rotatable bonds is 3. The van der Waals surface area contributed by atoms with Crippen LogP contribution in [0.5, 0.6) is 0 Å². The van der Waals surface area contributed by atoms with Gasteiger partial charge in [0.05, 0.1) is 15.6 Å². The highest BCUT2D eigenvalue weighted by Gasteiger charge is 2.17. The molecule has 0 bridgehead atoms. The Labute approximate surface area is 109 Å². The number of halogens is 1. The quantitative estimate of drug-likeness (QED) is 0.815. The zero-order valence-corrected chi connectivity index (χ0v) is 10.9. The first kappa shape index (κ1) is 12.7. The van der Waals surface area contributed by atoms with Crippen molar-refractivity contribution >= 4 is 33.3 Å². The molecule has 0 saturated heterocycles. The van der Waals surface area contributed by atoms with Gasteiger partial charge in [0.1, 0.15) is 6.33 Å². The van der Waals surface area contributed by atoms with Crippen LogP contribution in [0.1, 0.15) is 0 Å². The highest BCUT2D eigenvalue weighted by molar-refractivity contribution is 7.92. The first-order chi connectivity index (χ1) is 8.40. The summed E-state index contributed by atoms with van der Waals surface area (Å²) in [7, 11) is -2.19. The molecule has 0 aliphatic rings. The molecule has 0 atom stereocenters. The van der Waals surface area contributed by atoms with Crippen LogP contribution in [0, 0.1) is 0 Å². The summed E-state index contributed by atoms with van der Waals surface area (Å²) in [5.74, 6) is 0.114. The van der Waals surface area contributed by atoms with Crippen LogP contribution < -0.4 is 10.5 Å². The molecule has 0 saturated carbocycles. The Morgan fingerprint density at radius 3 is 2.72 bits per heavy atom. The van der Waals surface area contributed by atoms with Crippen molar-refractivity contribution in [3.05, 3.63) is 29.5 Å². The summed E-state index contributed by atoms with van der Waals surface area (Å²) in [4.78, 5) is 3.78. The van der Waals surface area contributed by atoms with Gasteiger partial charge in [0, 0.05) is 7.05 Å². The summed E-state index contributed by atoms with van der Waals surface area (Å²) in [6.07, 6.45) is 1.24. The topological polar surface area (TPSA) is 103 Å². The van der Waals surface area contributed by atoms with Gasteiger partial charge in [0.25, 0.3) is 10.0 Å². The summed E-state index contributed by atoms with van der Waals surface area (Å²) in [6, 6.07) is 4.06. The lowest BCUT2D eigenvalue weighted by molar-refractivity contribution is 0.600. The molecule has 3 N–H and O–H groups in total. The highest BCUT2D eigenvalue weighted by Crippen LogP contribution is 2.23. The predicted molar refractivity (Wildman–Crippen MR) is 67.7 cm³/mol. The van der Waals surface area contributed by atoms with Crippen LogP contribution >= 0.6 is 11.6 Å². The lowest BCUT2D eigenvalue weighted by Crippen LogP contribution is -2.16. The number of nitrogens with two attached hydrogens (primary N) is 1. The zero-order valence-electron chi connectivity index (χ0n) is 9.33. The first-order valence-corrected chi connectivity index (χ1v) is 6.68. The van der Waals surface area contributed by atoms with Crippen molar-refractivity contribution in [1.82, 2.24) is 14.8 Å². The van der Waals surface area contributed by atoms with Crippen LogP contribution in [0.15, 0.2) is 29.4 Å². The van der Waals surface area contributed by atoms with Crippen molar-refractivity contribution in [3.63, 3.8) is 0 Å². The van der Waals surface area contributed by atoms with Crippen molar-refractivity contribution in [2.45, 2.75) is 4.90 Å². The van der Waals surface area contributed by atoms with Gasteiger partial charge >= 0.3 is 0 Å². The first-order valence-electron chi connectivity index (χ1n) is 4.82. The Morgan fingerprint density at radius 2 is 2.17 bits per heavy atom. The van der Waals surface area contributed by atoms with Crippen LogP contribution in [0.3, 0.4) is 0 Å². The maximum Gasteiger partial charge on any atom is 0.264 e. The smallest absolute Gasteiger partial charge is 0.264 e. The average Bonchev–Trinajstić information content (AvgIpc) is 2.67. The van der Waals surface area contributed by atoms with Gasteiger partial charge in [-0.3, -0.25) is 0 Å². The number of nitrogen functional groups attached to an aromatic ring is 1. The van der Waals surface area contributed by atoms with E-state index >= 15 is 0 Å². The minimum absolute atomic E-state index is 0.00685. The summed E-state index contributed by atoms with van der Waals surface area (Å²) in [5, 5.41) is 4.06. The fourth-order valence-corrected chi connectivity index (χ4v) is 2.45. The molecule has 0 aliphatic heterocycles. The van der Waals surface area contributed by atoms with E-state index in [1.54, 1.807) is 7.05 Å². The van der Waals surface area contributed by atoms with E-state index in [0.717, 1.165) is 0 Å².